The summed E-state index contributed by atoms with van der Waals surface area (Å²) in [6, 6.07) is 0. The summed E-state index contributed by atoms with van der Waals surface area (Å²) >= 11 is 0. The predicted octanol–water partition coefficient (Wildman–Crippen LogP) is 1.01. The molecule has 0 aliphatic rings. The minimum atomic E-state index is -1.53. The van der Waals surface area contributed by atoms with Crippen LogP contribution in [0.1, 0.15) is 26.1 Å². The SMILES string of the molecule is CCOC(=O)C(C)(CCc1nccn1C)C(=O)O. The number of aryl methyl sites for hydroxylation is 2. The number of carboxylic acids is 1. The Hall–Kier alpha value is -1.85. The molecule has 1 atom stereocenters. The average Bonchev–Trinajstić information content (AvgIpc) is 2.71. The number of rotatable bonds is 6. The van der Waals surface area contributed by atoms with E-state index in [-0.39, 0.29) is 13.0 Å². The van der Waals surface area contributed by atoms with E-state index in [0.717, 1.165) is 5.82 Å². The van der Waals surface area contributed by atoms with Gasteiger partial charge in [0.05, 0.1) is 6.61 Å². The van der Waals surface area contributed by atoms with Gasteiger partial charge in [0.15, 0.2) is 5.41 Å². The molecule has 1 N–H and O–H groups in total. The van der Waals surface area contributed by atoms with Gasteiger partial charge in [0.2, 0.25) is 0 Å². The summed E-state index contributed by atoms with van der Waals surface area (Å²) in [5, 5.41) is 9.20. The van der Waals surface area contributed by atoms with E-state index in [1.807, 2.05) is 7.05 Å². The van der Waals surface area contributed by atoms with Crippen molar-refractivity contribution in [1.29, 1.82) is 0 Å². The van der Waals surface area contributed by atoms with Crippen molar-refractivity contribution in [1.82, 2.24) is 9.55 Å². The van der Waals surface area contributed by atoms with Gasteiger partial charge in [0.1, 0.15) is 5.82 Å². The van der Waals surface area contributed by atoms with Gasteiger partial charge in [-0.25, -0.2) is 4.98 Å². The van der Waals surface area contributed by atoms with Crippen molar-refractivity contribution in [3.8, 4) is 0 Å². The van der Waals surface area contributed by atoms with Gasteiger partial charge in [0.25, 0.3) is 0 Å². The number of aromatic nitrogens is 2. The van der Waals surface area contributed by atoms with Crippen LogP contribution in [0.3, 0.4) is 0 Å². The number of ether oxygens (including phenoxy) is 1. The van der Waals surface area contributed by atoms with Crippen LogP contribution in [0.5, 0.6) is 0 Å². The minimum absolute atomic E-state index is 0.159. The first kappa shape index (κ1) is 14.2. The summed E-state index contributed by atoms with van der Waals surface area (Å²) in [6.45, 7) is 3.21. The van der Waals surface area contributed by atoms with Crippen molar-refractivity contribution >= 4 is 11.9 Å². The molecule has 100 valence electrons. The Kier molecular flexibility index (Phi) is 4.47. The molecule has 1 aromatic rings. The van der Waals surface area contributed by atoms with E-state index in [1.54, 1.807) is 23.9 Å². The molecular weight excluding hydrogens is 236 g/mol. The first-order valence-corrected chi connectivity index (χ1v) is 5.78. The van der Waals surface area contributed by atoms with E-state index in [4.69, 9.17) is 4.74 Å². The second-order valence-electron chi connectivity index (χ2n) is 4.31. The molecule has 1 heterocycles. The van der Waals surface area contributed by atoms with Crippen molar-refractivity contribution in [3.63, 3.8) is 0 Å². The number of hydrogen-bond donors (Lipinski definition) is 1. The van der Waals surface area contributed by atoms with Crippen molar-refractivity contribution < 1.29 is 19.4 Å². The maximum Gasteiger partial charge on any atom is 0.323 e. The highest BCUT2D eigenvalue weighted by Crippen LogP contribution is 2.25. The monoisotopic (exact) mass is 254 g/mol. The van der Waals surface area contributed by atoms with Crippen LogP contribution in [-0.2, 0) is 27.8 Å². The van der Waals surface area contributed by atoms with Gasteiger partial charge in [0, 0.05) is 25.9 Å². The molecule has 0 aromatic carbocycles. The number of aliphatic carboxylic acids is 1. The van der Waals surface area contributed by atoms with Crippen LogP contribution >= 0.6 is 0 Å². The van der Waals surface area contributed by atoms with Gasteiger partial charge < -0.3 is 14.4 Å². The largest absolute Gasteiger partial charge is 0.480 e. The van der Waals surface area contributed by atoms with Gasteiger partial charge >= 0.3 is 11.9 Å². The molecule has 6 heteroatoms. The maximum absolute atomic E-state index is 11.7. The lowest BCUT2D eigenvalue weighted by Gasteiger charge is -2.22. The zero-order chi connectivity index (χ0) is 13.8. The molecule has 1 rings (SSSR count). The first-order chi connectivity index (χ1) is 8.41. The van der Waals surface area contributed by atoms with Crippen LogP contribution in [0.15, 0.2) is 12.4 Å². The molecule has 0 aliphatic carbocycles. The zero-order valence-electron chi connectivity index (χ0n) is 10.8. The normalized spacial score (nSPS) is 13.9. The Morgan fingerprint density at radius 3 is 2.67 bits per heavy atom. The second-order valence-corrected chi connectivity index (χ2v) is 4.31. The van der Waals surface area contributed by atoms with Crippen LogP contribution in [0.2, 0.25) is 0 Å². The van der Waals surface area contributed by atoms with Gasteiger partial charge in [-0.3, -0.25) is 9.59 Å². The molecule has 0 amide bonds. The fraction of sp³-hybridized carbons (Fsp3) is 0.583. The quantitative estimate of drug-likeness (QED) is 0.605. The summed E-state index contributed by atoms with van der Waals surface area (Å²) in [4.78, 5) is 27.1. The summed E-state index contributed by atoms with van der Waals surface area (Å²) < 4.78 is 6.62. The molecular formula is C12H18N2O4. The fourth-order valence-corrected chi connectivity index (χ4v) is 1.59. The number of carboxylic acid groups (broad SMARTS) is 1. The number of carbonyl (C=O) groups excluding carboxylic acids is 1. The number of nitrogens with zero attached hydrogens (tertiary/aromatic N) is 2. The Bertz CT molecular complexity index is 441. The molecule has 1 aromatic heterocycles. The molecule has 0 radical (unpaired) electrons. The number of esters is 1. The number of carbonyl (C=O) groups is 2. The molecule has 0 spiro atoms. The summed E-state index contributed by atoms with van der Waals surface area (Å²) in [5.74, 6) is -1.13. The minimum Gasteiger partial charge on any atom is -0.480 e. The number of imidazole rings is 1. The predicted molar refractivity (Wildman–Crippen MR) is 63.9 cm³/mol. The standard InChI is InChI=1S/C12H18N2O4/c1-4-18-11(17)12(2,10(15)16)6-5-9-13-7-8-14(9)3/h7-8H,4-6H2,1-3H3,(H,15,16). The topological polar surface area (TPSA) is 81.4 Å². The molecule has 0 bridgehead atoms. The van der Waals surface area contributed by atoms with Crippen molar-refractivity contribution in [2.24, 2.45) is 12.5 Å². The van der Waals surface area contributed by atoms with E-state index in [1.165, 1.54) is 6.92 Å². The molecule has 0 aliphatic heterocycles. The third-order valence-corrected chi connectivity index (χ3v) is 2.97. The van der Waals surface area contributed by atoms with Crippen LogP contribution in [-0.4, -0.2) is 33.2 Å². The Morgan fingerprint density at radius 2 is 2.22 bits per heavy atom. The van der Waals surface area contributed by atoms with E-state index < -0.39 is 17.4 Å². The highest BCUT2D eigenvalue weighted by Gasteiger charge is 2.42. The van der Waals surface area contributed by atoms with E-state index >= 15 is 0 Å². The lowest BCUT2D eigenvalue weighted by atomic mass is 9.85. The number of hydrogen-bond acceptors (Lipinski definition) is 4. The van der Waals surface area contributed by atoms with Crippen LogP contribution < -0.4 is 0 Å². The van der Waals surface area contributed by atoms with Gasteiger partial charge in [-0.2, -0.15) is 0 Å². The second kappa shape index (κ2) is 5.66. The van der Waals surface area contributed by atoms with E-state index in [2.05, 4.69) is 4.98 Å². The fourth-order valence-electron chi connectivity index (χ4n) is 1.59. The van der Waals surface area contributed by atoms with Crippen LogP contribution in [0, 0.1) is 5.41 Å². The molecule has 0 fully saturated rings. The third-order valence-electron chi connectivity index (χ3n) is 2.97. The smallest absolute Gasteiger partial charge is 0.323 e. The Morgan fingerprint density at radius 1 is 1.56 bits per heavy atom. The van der Waals surface area contributed by atoms with Crippen molar-refractivity contribution in [2.45, 2.75) is 26.7 Å². The third kappa shape index (κ3) is 2.88. The summed E-state index contributed by atoms with van der Waals surface area (Å²) in [6.07, 6.45) is 3.98. The highest BCUT2D eigenvalue weighted by atomic mass is 16.5. The zero-order valence-corrected chi connectivity index (χ0v) is 10.8. The highest BCUT2D eigenvalue weighted by molar-refractivity contribution is 5.98. The van der Waals surface area contributed by atoms with Crippen LogP contribution in [0.4, 0.5) is 0 Å². The lowest BCUT2D eigenvalue weighted by molar-refractivity contribution is -0.167. The molecule has 0 saturated carbocycles. The molecule has 0 saturated heterocycles. The van der Waals surface area contributed by atoms with Crippen molar-refractivity contribution in [3.05, 3.63) is 18.2 Å². The van der Waals surface area contributed by atoms with E-state index in [0.29, 0.717) is 6.42 Å². The summed E-state index contributed by atoms with van der Waals surface area (Å²) in [7, 11) is 1.82. The maximum atomic E-state index is 11.7. The summed E-state index contributed by atoms with van der Waals surface area (Å²) in [5.41, 5.74) is -1.53. The van der Waals surface area contributed by atoms with Gasteiger partial charge in [-0.05, 0) is 20.3 Å². The lowest BCUT2D eigenvalue weighted by Crippen LogP contribution is -2.38. The van der Waals surface area contributed by atoms with Crippen LogP contribution in [0.25, 0.3) is 0 Å². The Labute approximate surface area is 106 Å². The average molecular weight is 254 g/mol. The molecule has 6 nitrogen and oxygen atoms in total. The molecule has 1 unspecified atom stereocenters. The van der Waals surface area contributed by atoms with Crippen molar-refractivity contribution in [2.75, 3.05) is 6.61 Å². The first-order valence-electron chi connectivity index (χ1n) is 5.78. The van der Waals surface area contributed by atoms with Gasteiger partial charge in [-0.1, -0.05) is 0 Å². The van der Waals surface area contributed by atoms with Gasteiger partial charge in [-0.15, -0.1) is 0 Å². The van der Waals surface area contributed by atoms with E-state index in [9.17, 15) is 14.7 Å². The molecule has 18 heavy (non-hydrogen) atoms. The Balaban J connectivity index is 2.78.